The van der Waals surface area contributed by atoms with Crippen LogP contribution in [0.2, 0.25) is 0 Å². The van der Waals surface area contributed by atoms with Crippen molar-refractivity contribution in [2.45, 2.75) is 167 Å². The normalized spacial score (nSPS) is 23.0. The highest BCUT2D eigenvalue weighted by Crippen LogP contribution is 2.53. The summed E-state index contributed by atoms with van der Waals surface area (Å²) in [5.41, 5.74) is 6.15. The predicted octanol–water partition coefficient (Wildman–Crippen LogP) is 6.11. The van der Waals surface area contributed by atoms with Gasteiger partial charge >= 0.3 is 18.2 Å². The number of methoxy groups -OCH3 is 2. The molecule has 0 bridgehead atoms. The number of hydrogen-bond acceptors (Lipinski definition) is 23. The zero-order chi connectivity index (χ0) is 75.6. The van der Waals surface area contributed by atoms with E-state index in [-0.39, 0.29) is 176 Å². The van der Waals surface area contributed by atoms with Crippen LogP contribution in [-0.2, 0) is 81.4 Å². The van der Waals surface area contributed by atoms with Gasteiger partial charge in [-0.1, -0.05) is 57.2 Å². The minimum atomic E-state index is -1.35. The largest absolute Gasteiger partial charge is 0.507 e. The number of amides is 8. The minimum Gasteiger partial charge on any atom is -0.507 e. The number of rotatable bonds is 27. The standard InChI is InChI=1S/C43H59N7O11.C31H35NO11/c1-27(2)38(47-36(53)11-7-9-30-14-18-34(19-15-30)50-37(54)23-28(3)40(50)56)35(52)24-32(10-8-20-45-41(44)57)39(55)46-33-16-12-31(13-17-33)26-61-43(59)49(6)22-21-48(5)42(58)60-25-29(4)51;1-13-28-16(32-8-9-40-30(39-4)29(32)43-28)10-19(41-13)42-18-12-31(2,37)11-15-21(18)27(36)23-22(25(15)34)24(33)14-6-5-7-17(38-3)20(14)26(23)35/h12-19,27-28,32,38H,7-11,20-26H2,1-6H3,(H,46,55)(H,47,53)(H3,44,45,57);5-7,13,16,18-19,28-30,34,36-37H,8-12H2,1-4H3/t28?,32-,38+;13-,16-,18-,19?,28+,29+,30-,31-/m10/s1. The Balaban J connectivity index is 0.000000254. The van der Waals surface area contributed by atoms with Crippen molar-refractivity contribution in [1.82, 2.24) is 25.3 Å². The van der Waals surface area contributed by atoms with Gasteiger partial charge in [0.1, 0.15) is 30.0 Å². The number of ether oxygens (including phenoxy) is 8. The number of nitrogens with zero attached hydrogens (tertiary/aromatic N) is 4. The zero-order valence-corrected chi connectivity index (χ0v) is 60.2. The van der Waals surface area contributed by atoms with Crippen LogP contribution in [0, 0.1) is 17.8 Å². The summed E-state index contributed by atoms with van der Waals surface area (Å²) >= 11 is 0. The fourth-order valence-corrected chi connectivity index (χ4v) is 13.9. The number of carbonyl (C=O) groups excluding carboxylic acids is 11. The number of urea groups is 1. The summed E-state index contributed by atoms with van der Waals surface area (Å²) < 4.78 is 45.8. The molecule has 104 heavy (non-hydrogen) atoms. The van der Waals surface area contributed by atoms with Gasteiger partial charge in [0, 0.05) is 126 Å². The number of phenols is 2. The SMILES string of the molecule is CC(=O)COC(=O)N(C)CCN(C)C(=O)OCc1ccc(NC(=O)[C@H](CCCNC(N)=O)CC(=O)[C@@H](NC(=O)CCCc2ccc(N3C(=O)CC(C)C3=O)cc2)C(C)C)cc1.COc1cccc2c1C(=O)c1c(O)c3c(c(O)c1C2=O)C[C@](C)(O)C[C@@H]3OC1C[C@H]2[C@H](O[C@@H]3[C@@H](OC)OCCN32)[C@H](C)O1. The van der Waals surface area contributed by atoms with Crippen LogP contribution in [0.3, 0.4) is 0 Å². The summed E-state index contributed by atoms with van der Waals surface area (Å²) in [6.07, 6.45) is -2.33. The molecule has 30 nitrogen and oxygen atoms in total. The van der Waals surface area contributed by atoms with Gasteiger partial charge in [-0.3, -0.25) is 48.2 Å². The topological polar surface area (TPSA) is 397 Å². The van der Waals surface area contributed by atoms with E-state index in [1.54, 1.807) is 83.3 Å². The molecule has 0 spiro atoms. The summed E-state index contributed by atoms with van der Waals surface area (Å²) in [5.74, 6) is -5.21. The summed E-state index contributed by atoms with van der Waals surface area (Å²) in [7, 11) is 5.95. The molecule has 8 amide bonds. The number of nitrogens with one attached hydrogen (secondary N) is 3. The van der Waals surface area contributed by atoms with Gasteiger partial charge in [-0.05, 0) is 93.8 Å². The highest BCUT2D eigenvalue weighted by molar-refractivity contribution is 6.31. The number of aryl methyl sites for hydroxylation is 1. The lowest BCUT2D eigenvalue weighted by atomic mass is 9.73. The van der Waals surface area contributed by atoms with Crippen LogP contribution < -0.4 is 31.3 Å². The number of fused-ring (bicyclic) bond motifs is 6. The number of hydrogen-bond donors (Lipinski definition) is 7. The molecule has 11 atom stereocenters. The molecular formula is C74H94N8O22. The van der Waals surface area contributed by atoms with Gasteiger partial charge in [0.05, 0.1) is 59.9 Å². The number of benzene rings is 4. The van der Waals surface area contributed by atoms with E-state index in [1.165, 1.54) is 48.9 Å². The van der Waals surface area contributed by atoms with Crippen molar-refractivity contribution in [3.05, 3.63) is 111 Å². The molecule has 10 rings (SSSR count). The Labute approximate surface area is 602 Å². The molecule has 4 heterocycles. The van der Waals surface area contributed by atoms with Crippen molar-refractivity contribution in [2.24, 2.45) is 23.5 Å². The number of anilines is 2. The summed E-state index contributed by atoms with van der Waals surface area (Å²) in [5, 5.41) is 42.6. The first-order valence-electron chi connectivity index (χ1n) is 34.8. The fourth-order valence-electron chi connectivity index (χ4n) is 13.9. The number of carbonyl (C=O) groups is 11. The van der Waals surface area contributed by atoms with Crippen LogP contribution in [0.1, 0.15) is 153 Å². The fraction of sp³-hybridized carbons (Fsp3) is 0.527. The molecule has 0 aromatic heterocycles. The number of phenolic OH excluding ortho intramolecular Hbond substituents is 2. The van der Waals surface area contributed by atoms with Gasteiger partial charge in [-0.15, -0.1) is 0 Å². The van der Waals surface area contributed by atoms with E-state index < -0.39 is 83.4 Å². The molecule has 4 aromatic rings. The first kappa shape index (κ1) is 78.7. The molecule has 6 aliphatic rings. The summed E-state index contributed by atoms with van der Waals surface area (Å²) in [6.45, 7) is 11.3. The minimum absolute atomic E-state index is 0.0172. The first-order chi connectivity index (χ1) is 49.4. The lowest BCUT2D eigenvalue weighted by Crippen LogP contribution is -2.55. The van der Waals surface area contributed by atoms with Gasteiger partial charge in [0.25, 0.3) is 0 Å². The Hall–Kier alpha value is -9.43. The zero-order valence-electron chi connectivity index (χ0n) is 60.2. The number of Topliss-reactive ketones (excluding diaryl/α,β-unsaturated/α-hetero) is 2. The van der Waals surface area contributed by atoms with Crippen molar-refractivity contribution in [3.63, 3.8) is 0 Å². The number of nitrogens with two attached hydrogens (primary N) is 1. The average Bonchev–Trinajstić information content (AvgIpc) is 0.913. The van der Waals surface area contributed by atoms with Crippen LogP contribution in [0.4, 0.5) is 25.8 Å². The lowest BCUT2D eigenvalue weighted by molar-refractivity contribution is -0.256. The van der Waals surface area contributed by atoms with Crippen LogP contribution >= 0.6 is 0 Å². The molecule has 2 aliphatic carbocycles. The quantitative estimate of drug-likeness (QED) is 0.0177. The Kier molecular flexibility index (Phi) is 26.1. The van der Waals surface area contributed by atoms with E-state index >= 15 is 0 Å². The second kappa shape index (κ2) is 34.4. The maximum Gasteiger partial charge on any atom is 0.409 e. The molecule has 562 valence electrons. The molecule has 4 aromatic carbocycles. The Morgan fingerprint density at radius 3 is 2.14 bits per heavy atom. The van der Waals surface area contributed by atoms with Crippen molar-refractivity contribution in [1.29, 1.82) is 0 Å². The number of primary amides is 1. The Morgan fingerprint density at radius 1 is 0.837 bits per heavy atom. The summed E-state index contributed by atoms with van der Waals surface area (Å²) in [6, 6.07) is 16.7. The van der Waals surface area contributed by atoms with Gasteiger partial charge in [0.2, 0.25) is 29.4 Å². The predicted molar refractivity (Wildman–Crippen MR) is 372 cm³/mol. The van der Waals surface area contributed by atoms with Gasteiger partial charge in [0.15, 0.2) is 42.8 Å². The molecule has 2 unspecified atom stereocenters. The lowest BCUT2D eigenvalue weighted by Gasteiger charge is -2.43. The van der Waals surface area contributed by atoms with E-state index in [2.05, 4.69) is 20.9 Å². The third kappa shape index (κ3) is 18.5. The van der Waals surface area contributed by atoms with Gasteiger partial charge in [-0.2, -0.15) is 0 Å². The highest BCUT2D eigenvalue weighted by atomic mass is 16.7. The Morgan fingerprint density at radius 2 is 1.51 bits per heavy atom. The smallest absolute Gasteiger partial charge is 0.409 e. The van der Waals surface area contributed by atoms with Gasteiger partial charge in [-0.25, -0.2) is 14.4 Å². The third-order valence-electron chi connectivity index (χ3n) is 19.4. The molecular weight excluding hydrogens is 1350 g/mol. The Bertz CT molecular complexity index is 3880. The van der Waals surface area contributed by atoms with E-state index in [1.807, 2.05) is 19.1 Å². The van der Waals surface area contributed by atoms with Crippen LogP contribution in [0.5, 0.6) is 17.2 Å². The first-order valence-corrected chi connectivity index (χ1v) is 34.8. The van der Waals surface area contributed by atoms with Crippen LogP contribution in [0.25, 0.3) is 0 Å². The van der Waals surface area contributed by atoms with Crippen molar-refractivity contribution in [3.8, 4) is 17.2 Å². The maximum atomic E-state index is 13.8. The van der Waals surface area contributed by atoms with Crippen molar-refractivity contribution in [2.75, 3.05) is 77.9 Å². The number of aromatic hydroxyl groups is 2. The van der Waals surface area contributed by atoms with Crippen LogP contribution in [-0.4, -0.2) is 211 Å². The average molecular weight is 1450 g/mol. The molecule has 0 saturated carbocycles. The van der Waals surface area contributed by atoms with Crippen LogP contribution in [0.15, 0.2) is 66.7 Å². The molecule has 8 N–H and O–H groups in total. The number of ketones is 4. The second-order valence-corrected chi connectivity index (χ2v) is 27.8. The molecule has 4 aliphatic heterocycles. The van der Waals surface area contributed by atoms with E-state index in [9.17, 15) is 68.1 Å². The second-order valence-electron chi connectivity index (χ2n) is 27.8. The monoisotopic (exact) mass is 1450 g/mol. The van der Waals surface area contributed by atoms with Crippen molar-refractivity contribution < 1.29 is 106 Å². The number of morpholine rings is 1. The molecule has 4 fully saturated rings. The molecule has 30 heteroatoms. The number of aliphatic hydroxyl groups is 1. The highest BCUT2D eigenvalue weighted by Gasteiger charge is 2.55. The molecule has 0 radical (unpaired) electrons. The number of likely N-dealkylation sites (N-methyl/N-ethyl adjacent to an activating group) is 2. The van der Waals surface area contributed by atoms with E-state index in [4.69, 9.17) is 43.6 Å². The number of imide groups is 1. The summed E-state index contributed by atoms with van der Waals surface area (Å²) in [4.78, 5) is 145. The van der Waals surface area contributed by atoms with Gasteiger partial charge < -0.3 is 84.7 Å². The third-order valence-corrected chi connectivity index (χ3v) is 19.4. The van der Waals surface area contributed by atoms with E-state index in [0.717, 1.165) is 5.56 Å². The maximum absolute atomic E-state index is 13.8. The van der Waals surface area contributed by atoms with Crippen molar-refractivity contribution >= 4 is 76.4 Å². The van der Waals surface area contributed by atoms with E-state index in [0.29, 0.717) is 55.8 Å². The molecule has 4 saturated heterocycles.